The molecule has 0 amide bonds. The monoisotopic (exact) mass is 275 g/mol. The molecule has 112 valence electrons. The normalized spacial score (nSPS) is 19.6. The van der Waals surface area contributed by atoms with E-state index in [2.05, 4.69) is 42.1 Å². The van der Waals surface area contributed by atoms with Crippen LogP contribution in [0.2, 0.25) is 0 Å². The number of nitrogens with zero attached hydrogens (tertiary/aromatic N) is 2. The highest BCUT2D eigenvalue weighted by molar-refractivity contribution is 5.10. The van der Waals surface area contributed by atoms with Crippen molar-refractivity contribution in [3.8, 4) is 0 Å². The topological polar surface area (TPSA) is 42.1 Å². The maximum Gasteiger partial charge on any atom is 0.0547 e. The van der Waals surface area contributed by atoms with Crippen molar-refractivity contribution in [2.24, 2.45) is 5.73 Å². The maximum atomic E-state index is 6.18. The van der Waals surface area contributed by atoms with E-state index >= 15 is 0 Å². The van der Waals surface area contributed by atoms with Crippen molar-refractivity contribution in [1.29, 1.82) is 0 Å². The molecule has 3 heteroatoms. The molecule has 0 aliphatic heterocycles. The standard InChI is InChI=1S/C17H29N3/c1-15-9-8-10-16(19-15)13-20(2)17(14-18)11-6-4-3-5-7-12-17/h8-10H,3-7,11-14,18H2,1-2H3. The summed E-state index contributed by atoms with van der Waals surface area (Å²) in [5, 5.41) is 0. The Balaban J connectivity index is 2.08. The van der Waals surface area contributed by atoms with Crippen LogP contribution < -0.4 is 5.73 Å². The molecule has 0 atom stereocenters. The predicted molar refractivity (Wildman–Crippen MR) is 84.5 cm³/mol. The van der Waals surface area contributed by atoms with Gasteiger partial charge in [-0.3, -0.25) is 9.88 Å². The minimum absolute atomic E-state index is 0.172. The number of aryl methyl sites for hydroxylation is 1. The third-order valence-electron chi connectivity index (χ3n) is 4.82. The van der Waals surface area contributed by atoms with Gasteiger partial charge in [-0.25, -0.2) is 0 Å². The molecule has 0 radical (unpaired) electrons. The molecule has 1 aromatic heterocycles. The third-order valence-corrected chi connectivity index (χ3v) is 4.82. The van der Waals surface area contributed by atoms with E-state index in [4.69, 9.17) is 5.73 Å². The van der Waals surface area contributed by atoms with Crippen LogP contribution in [0, 0.1) is 6.92 Å². The molecule has 1 heterocycles. The van der Waals surface area contributed by atoms with Gasteiger partial charge in [-0.15, -0.1) is 0 Å². The third kappa shape index (κ3) is 3.80. The molecular formula is C17H29N3. The molecule has 2 rings (SSSR count). The molecule has 1 aliphatic rings. The molecular weight excluding hydrogens is 246 g/mol. The second-order valence-corrected chi connectivity index (χ2v) is 6.32. The molecule has 3 nitrogen and oxygen atoms in total. The minimum Gasteiger partial charge on any atom is -0.329 e. The van der Waals surface area contributed by atoms with Gasteiger partial charge in [0.1, 0.15) is 0 Å². The summed E-state index contributed by atoms with van der Waals surface area (Å²) in [6, 6.07) is 6.27. The van der Waals surface area contributed by atoms with Gasteiger partial charge in [-0.2, -0.15) is 0 Å². The van der Waals surface area contributed by atoms with E-state index in [1.54, 1.807) is 0 Å². The summed E-state index contributed by atoms with van der Waals surface area (Å²) in [5.74, 6) is 0. The highest BCUT2D eigenvalue weighted by Gasteiger charge is 2.33. The number of pyridine rings is 1. The van der Waals surface area contributed by atoms with Crippen LogP contribution in [0.25, 0.3) is 0 Å². The van der Waals surface area contributed by atoms with Crippen LogP contribution in [0.15, 0.2) is 18.2 Å². The molecule has 1 saturated carbocycles. The first-order valence-corrected chi connectivity index (χ1v) is 8.00. The van der Waals surface area contributed by atoms with Crippen LogP contribution >= 0.6 is 0 Å². The SMILES string of the molecule is Cc1cccc(CN(C)C2(CN)CCCCCCC2)n1. The van der Waals surface area contributed by atoms with Crippen molar-refractivity contribution < 1.29 is 0 Å². The lowest BCUT2D eigenvalue weighted by Gasteiger charge is -2.42. The predicted octanol–water partition coefficient (Wildman–Crippen LogP) is 3.26. The average molecular weight is 275 g/mol. The van der Waals surface area contributed by atoms with Crippen molar-refractivity contribution in [2.75, 3.05) is 13.6 Å². The molecule has 1 fully saturated rings. The summed E-state index contributed by atoms with van der Waals surface area (Å²) in [7, 11) is 2.22. The Morgan fingerprint density at radius 2 is 1.80 bits per heavy atom. The summed E-state index contributed by atoms with van der Waals surface area (Å²) in [6.45, 7) is 3.71. The highest BCUT2D eigenvalue weighted by atomic mass is 15.2. The van der Waals surface area contributed by atoms with E-state index in [-0.39, 0.29) is 5.54 Å². The van der Waals surface area contributed by atoms with Gasteiger partial charge < -0.3 is 5.73 Å². The van der Waals surface area contributed by atoms with Crippen LogP contribution in [0.4, 0.5) is 0 Å². The Bertz CT molecular complexity index is 408. The molecule has 0 unspecified atom stereocenters. The fourth-order valence-corrected chi connectivity index (χ4v) is 3.40. The van der Waals surface area contributed by atoms with Gasteiger partial charge >= 0.3 is 0 Å². The zero-order chi connectivity index (χ0) is 14.4. The van der Waals surface area contributed by atoms with Crippen molar-refractivity contribution in [1.82, 2.24) is 9.88 Å². The minimum atomic E-state index is 0.172. The van der Waals surface area contributed by atoms with E-state index in [0.717, 1.165) is 24.5 Å². The Hall–Kier alpha value is -0.930. The summed E-state index contributed by atoms with van der Waals surface area (Å²) in [6.07, 6.45) is 9.18. The zero-order valence-electron chi connectivity index (χ0n) is 13.1. The number of aromatic nitrogens is 1. The Kier molecular flexibility index (Phi) is 5.55. The van der Waals surface area contributed by atoms with Gasteiger partial charge in [0.15, 0.2) is 0 Å². The van der Waals surface area contributed by atoms with Gasteiger partial charge in [-0.1, -0.05) is 38.2 Å². The first-order valence-electron chi connectivity index (χ1n) is 8.00. The summed E-state index contributed by atoms with van der Waals surface area (Å²) < 4.78 is 0. The molecule has 0 spiro atoms. The lowest BCUT2D eigenvalue weighted by atomic mass is 9.82. The largest absolute Gasteiger partial charge is 0.329 e. The second kappa shape index (κ2) is 7.19. The van der Waals surface area contributed by atoms with E-state index < -0.39 is 0 Å². The first-order chi connectivity index (χ1) is 9.66. The summed E-state index contributed by atoms with van der Waals surface area (Å²) in [5.41, 5.74) is 8.60. The van der Waals surface area contributed by atoms with Gasteiger partial charge in [0.05, 0.1) is 5.69 Å². The van der Waals surface area contributed by atoms with E-state index in [9.17, 15) is 0 Å². The molecule has 20 heavy (non-hydrogen) atoms. The number of nitrogens with two attached hydrogens (primary N) is 1. The van der Waals surface area contributed by atoms with E-state index in [1.165, 1.54) is 44.9 Å². The molecule has 0 bridgehead atoms. The molecule has 0 saturated heterocycles. The van der Waals surface area contributed by atoms with Crippen LogP contribution in [-0.4, -0.2) is 29.0 Å². The quantitative estimate of drug-likeness (QED) is 0.917. The maximum absolute atomic E-state index is 6.18. The zero-order valence-corrected chi connectivity index (χ0v) is 13.1. The Labute approximate surface area is 123 Å². The Morgan fingerprint density at radius 1 is 1.15 bits per heavy atom. The first kappa shape index (κ1) is 15.5. The van der Waals surface area contributed by atoms with Gasteiger partial charge in [-0.05, 0) is 38.9 Å². The summed E-state index contributed by atoms with van der Waals surface area (Å²) in [4.78, 5) is 7.09. The van der Waals surface area contributed by atoms with Crippen molar-refractivity contribution >= 4 is 0 Å². The molecule has 1 aromatic rings. The second-order valence-electron chi connectivity index (χ2n) is 6.32. The van der Waals surface area contributed by atoms with Crippen LogP contribution in [-0.2, 0) is 6.54 Å². The molecule has 0 aromatic carbocycles. The van der Waals surface area contributed by atoms with Crippen LogP contribution in [0.5, 0.6) is 0 Å². The summed E-state index contributed by atoms with van der Waals surface area (Å²) >= 11 is 0. The number of hydrogen-bond acceptors (Lipinski definition) is 3. The van der Waals surface area contributed by atoms with Crippen molar-refractivity contribution in [3.63, 3.8) is 0 Å². The van der Waals surface area contributed by atoms with Gasteiger partial charge in [0.2, 0.25) is 0 Å². The number of rotatable bonds is 4. The Morgan fingerprint density at radius 3 is 2.40 bits per heavy atom. The fraction of sp³-hybridized carbons (Fsp3) is 0.706. The van der Waals surface area contributed by atoms with Crippen molar-refractivity contribution in [2.45, 2.75) is 64.0 Å². The molecule has 2 N–H and O–H groups in total. The number of likely N-dealkylation sites (N-methyl/N-ethyl adjacent to an activating group) is 1. The highest BCUT2D eigenvalue weighted by Crippen LogP contribution is 2.31. The fourth-order valence-electron chi connectivity index (χ4n) is 3.40. The lowest BCUT2D eigenvalue weighted by Crippen LogP contribution is -2.52. The van der Waals surface area contributed by atoms with Gasteiger partial charge in [0.25, 0.3) is 0 Å². The average Bonchev–Trinajstić information content (AvgIpc) is 2.39. The van der Waals surface area contributed by atoms with Crippen LogP contribution in [0.1, 0.15) is 56.3 Å². The smallest absolute Gasteiger partial charge is 0.0547 e. The van der Waals surface area contributed by atoms with E-state index in [1.807, 2.05) is 0 Å². The lowest BCUT2D eigenvalue weighted by molar-refractivity contribution is 0.0853. The van der Waals surface area contributed by atoms with Crippen molar-refractivity contribution in [3.05, 3.63) is 29.6 Å². The number of hydrogen-bond donors (Lipinski definition) is 1. The van der Waals surface area contributed by atoms with Gasteiger partial charge in [0, 0.05) is 24.3 Å². The van der Waals surface area contributed by atoms with E-state index in [0.29, 0.717) is 0 Å². The molecule has 1 aliphatic carbocycles. The van der Waals surface area contributed by atoms with Crippen LogP contribution in [0.3, 0.4) is 0 Å².